The number of nitrogens with zero attached hydrogens (tertiary/aromatic N) is 1. The van der Waals surface area contributed by atoms with Crippen molar-refractivity contribution in [2.45, 2.75) is 12.8 Å². The smallest absolute Gasteiger partial charge is 0.166 e. The van der Waals surface area contributed by atoms with Crippen LogP contribution in [0.1, 0.15) is 17.5 Å². The van der Waals surface area contributed by atoms with Crippen LogP contribution >= 0.6 is 0 Å². The predicted molar refractivity (Wildman–Crippen MR) is 74.5 cm³/mol. The summed E-state index contributed by atoms with van der Waals surface area (Å²) in [6.45, 7) is 0. The fourth-order valence-electron chi connectivity index (χ4n) is 2.84. The second-order valence-corrected chi connectivity index (χ2v) is 4.89. The Bertz CT molecular complexity index is 784. The molecule has 4 rings (SSSR count). The van der Waals surface area contributed by atoms with Crippen molar-refractivity contribution in [3.05, 3.63) is 66.0 Å². The lowest BCUT2D eigenvalue weighted by molar-refractivity contribution is -0.510. The lowest BCUT2D eigenvalue weighted by atomic mass is 9.96. The van der Waals surface area contributed by atoms with E-state index in [-0.39, 0.29) is 0 Å². The maximum Gasteiger partial charge on any atom is 0.215 e. The van der Waals surface area contributed by atoms with Gasteiger partial charge in [-0.3, -0.25) is 0 Å². The molecule has 18 heavy (non-hydrogen) atoms. The van der Waals surface area contributed by atoms with Gasteiger partial charge in [0.1, 0.15) is 0 Å². The average molecular weight is 232 g/mol. The minimum Gasteiger partial charge on any atom is -0.166 e. The zero-order valence-corrected chi connectivity index (χ0v) is 10.1. The first kappa shape index (κ1) is 9.84. The Morgan fingerprint density at radius 1 is 1.00 bits per heavy atom. The number of pyridine rings is 2. The second kappa shape index (κ2) is 3.67. The molecule has 0 fully saturated rings. The van der Waals surface area contributed by atoms with E-state index in [1.54, 1.807) is 0 Å². The van der Waals surface area contributed by atoms with Crippen LogP contribution in [-0.4, -0.2) is 0 Å². The van der Waals surface area contributed by atoms with E-state index < -0.39 is 0 Å². The van der Waals surface area contributed by atoms with Gasteiger partial charge in [0.25, 0.3) is 0 Å². The van der Waals surface area contributed by atoms with Gasteiger partial charge in [-0.2, -0.15) is 4.40 Å². The molecule has 0 unspecified atom stereocenters. The third-order valence-corrected chi connectivity index (χ3v) is 3.78. The van der Waals surface area contributed by atoms with E-state index in [4.69, 9.17) is 0 Å². The van der Waals surface area contributed by atoms with Crippen LogP contribution in [0.3, 0.4) is 0 Å². The molecule has 2 aromatic heterocycles. The van der Waals surface area contributed by atoms with Crippen LogP contribution in [-0.2, 0) is 6.42 Å². The summed E-state index contributed by atoms with van der Waals surface area (Å²) < 4.78 is 2.25. The largest absolute Gasteiger partial charge is 0.215 e. The van der Waals surface area contributed by atoms with Gasteiger partial charge in [-0.05, 0) is 29.9 Å². The maximum absolute atomic E-state index is 2.31. The third-order valence-electron chi connectivity index (χ3n) is 3.78. The lowest BCUT2D eigenvalue weighted by Crippen LogP contribution is -2.23. The van der Waals surface area contributed by atoms with Crippen molar-refractivity contribution >= 4 is 22.4 Å². The van der Waals surface area contributed by atoms with Crippen LogP contribution in [0.5, 0.6) is 0 Å². The van der Waals surface area contributed by atoms with Gasteiger partial charge in [0.15, 0.2) is 12.4 Å². The third kappa shape index (κ3) is 1.37. The number of fused-ring (bicyclic) bond motifs is 4. The monoisotopic (exact) mass is 232 g/mol. The molecule has 0 amide bonds. The Kier molecular flexibility index (Phi) is 2.01. The number of aryl methyl sites for hydroxylation is 1. The fourth-order valence-corrected chi connectivity index (χ4v) is 2.84. The molecule has 0 spiro atoms. The number of benzene rings is 1. The Balaban J connectivity index is 2.15. The summed E-state index contributed by atoms with van der Waals surface area (Å²) in [5, 5.41) is 2.61. The summed E-state index contributed by atoms with van der Waals surface area (Å²) >= 11 is 0. The molecular weight excluding hydrogens is 218 g/mol. The number of rotatable bonds is 0. The van der Waals surface area contributed by atoms with Gasteiger partial charge in [-0.25, -0.2) is 0 Å². The summed E-state index contributed by atoms with van der Waals surface area (Å²) in [5.41, 5.74) is 4.19. The molecule has 2 heterocycles. The van der Waals surface area contributed by atoms with Crippen LogP contribution in [0, 0.1) is 0 Å². The number of hydrogen-bond donors (Lipinski definition) is 0. The van der Waals surface area contributed by atoms with Gasteiger partial charge < -0.3 is 0 Å². The molecular formula is C17H14N+. The Hall–Kier alpha value is -2.15. The van der Waals surface area contributed by atoms with E-state index in [0.29, 0.717) is 0 Å². The SMILES string of the molecule is C1=Cc2cc[n+]3cc4ccccc4cc3c2CC1. The van der Waals surface area contributed by atoms with E-state index in [2.05, 4.69) is 65.3 Å². The lowest BCUT2D eigenvalue weighted by Gasteiger charge is -2.09. The normalized spacial score (nSPS) is 14.0. The van der Waals surface area contributed by atoms with Gasteiger partial charge in [-0.1, -0.05) is 30.4 Å². The zero-order valence-electron chi connectivity index (χ0n) is 10.1. The molecule has 0 bridgehead atoms. The van der Waals surface area contributed by atoms with Crippen molar-refractivity contribution in [2.24, 2.45) is 0 Å². The first-order valence-corrected chi connectivity index (χ1v) is 6.44. The standard InChI is InChI=1S/C17H14N/c1-2-7-15-12-18-10-9-13-5-3-4-8-16(13)17(18)11-14(15)6-1/h1-3,5-7,9-12H,4,8H2/q+1. The van der Waals surface area contributed by atoms with E-state index in [1.165, 1.54) is 27.4 Å². The quantitative estimate of drug-likeness (QED) is 0.412. The summed E-state index contributed by atoms with van der Waals surface area (Å²) in [7, 11) is 0. The van der Waals surface area contributed by atoms with E-state index >= 15 is 0 Å². The molecule has 1 aromatic carbocycles. The molecule has 0 aliphatic heterocycles. The molecule has 1 nitrogen and oxygen atoms in total. The van der Waals surface area contributed by atoms with Crippen LogP contribution in [0.15, 0.2) is 54.9 Å². The molecule has 1 heteroatoms. The van der Waals surface area contributed by atoms with Crippen molar-refractivity contribution in [1.29, 1.82) is 0 Å². The first-order chi connectivity index (χ1) is 8.92. The summed E-state index contributed by atoms with van der Waals surface area (Å²) in [6, 6.07) is 13.1. The van der Waals surface area contributed by atoms with Crippen molar-refractivity contribution < 1.29 is 4.40 Å². The van der Waals surface area contributed by atoms with Crippen LogP contribution in [0.25, 0.3) is 22.4 Å². The molecule has 86 valence electrons. The zero-order chi connectivity index (χ0) is 11.9. The fraction of sp³-hybridized carbons (Fsp3) is 0.118. The van der Waals surface area contributed by atoms with Gasteiger partial charge in [0.2, 0.25) is 5.52 Å². The number of allylic oxidation sites excluding steroid dienone is 1. The number of aromatic nitrogens is 1. The molecule has 0 N–H and O–H groups in total. The summed E-state index contributed by atoms with van der Waals surface area (Å²) in [4.78, 5) is 0. The highest BCUT2D eigenvalue weighted by molar-refractivity contribution is 5.84. The predicted octanol–water partition coefficient (Wildman–Crippen LogP) is 3.54. The van der Waals surface area contributed by atoms with Crippen molar-refractivity contribution in [3.63, 3.8) is 0 Å². The minimum atomic E-state index is 1.15. The topological polar surface area (TPSA) is 4.10 Å². The molecule has 1 aliphatic carbocycles. The van der Waals surface area contributed by atoms with E-state index in [9.17, 15) is 0 Å². The maximum atomic E-state index is 2.31. The van der Waals surface area contributed by atoms with E-state index in [0.717, 1.165) is 12.8 Å². The molecule has 0 saturated carbocycles. The first-order valence-electron chi connectivity index (χ1n) is 6.44. The number of hydrogen-bond acceptors (Lipinski definition) is 0. The van der Waals surface area contributed by atoms with Gasteiger partial charge >= 0.3 is 0 Å². The molecule has 1 aliphatic rings. The van der Waals surface area contributed by atoms with Crippen molar-refractivity contribution in [3.8, 4) is 0 Å². The Morgan fingerprint density at radius 3 is 2.83 bits per heavy atom. The summed E-state index contributed by atoms with van der Waals surface area (Å²) in [6.07, 6.45) is 11.2. The van der Waals surface area contributed by atoms with Gasteiger partial charge in [0.05, 0.1) is 0 Å². The van der Waals surface area contributed by atoms with E-state index in [1.807, 2.05) is 0 Å². The minimum absolute atomic E-state index is 1.15. The van der Waals surface area contributed by atoms with Crippen molar-refractivity contribution in [1.82, 2.24) is 0 Å². The highest BCUT2D eigenvalue weighted by atomic mass is 14.8. The van der Waals surface area contributed by atoms with Crippen LogP contribution < -0.4 is 4.40 Å². The van der Waals surface area contributed by atoms with Gasteiger partial charge in [0, 0.05) is 23.1 Å². The Labute approximate surface area is 106 Å². The van der Waals surface area contributed by atoms with Crippen LogP contribution in [0.4, 0.5) is 0 Å². The van der Waals surface area contributed by atoms with Gasteiger partial charge in [-0.15, -0.1) is 0 Å². The molecule has 0 radical (unpaired) electrons. The second-order valence-electron chi connectivity index (χ2n) is 4.89. The molecule has 3 aromatic rings. The average Bonchev–Trinajstić information content (AvgIpc) is 2.45. The summed E-state index contributed by atoms with van der Waals surface area (Å²) in [5.74, 6) is 0. The van der Waals surface area contributed by atoms with Crippen molar-refractivity contribution in [2.75, 3.05) is 0 Å². The molecule has 0 atom stereocenters. The molecule has 0 saturated heterocycles. The van der Waals surface area contributed by atoms with Crippen LogP contribution in [0.2, 0.25) is 0 Å². The Morgan fingerprint density at radius 2 is 1.89 bits per heavy atom. The highest BCUT2D eigenvalue weighted by Gasteiger charge is 2.15. The highest BCUT2D eigenvalue weighted by Crippen LogP contribution is 2.23.